The van der Waals surface area contributed by atoms with Crippen LogP contribution in [0.5, 0.6) is 0 Å². The van der Waals surface area contributed by atoms with E-state index in [0.717, 1.165) is 0 Å². The first-order chi connectivity index (χ1) is 7.85. The van der Waals surface area contributed by atoms with Gasteiger partial charge in [-0.25, -0.2) is 8.42 Å². The molecule has 0 radical (unpaired) electrons. The van der Waals surface area contributed by atoms with Crippen molar-refractivity contribution in [1.29, 1.82) is 0 Å². The number of hydrogen-bond donors (Lipinski definition) is 1. The summed E-state index contributed by atoms with van der Waals surface area (Å²) in [6.45, 7) is 0.678. The molecule has 1 N–H and O–H groups in total. The van der Waals surface area contributed by atoms with E-state index in [0.29, 0.717) is 4.31 Å². The molecule has 2 amide bonds. The quantitative estimate of drug-likeness (QED) is 0.457. The van der Waals surface area contributed by atoms with Crippen LogP contribution < -0.4 is 5.32 Å². The summed E-state index contributed by atoms with van der Waals surface area (Å²) < 4.78 is 28.5. The van der Waals surface area contributed by atoms with E-state index in [4.69, 9.17) is 0 Å². The highest BCUT2D eigenvalue weighted by Crippen LogP contribution is 2.05. The molecule has 0 aromatic carbocycles. The number of carbonyl (C=O) groups excluding carboxylic acids is 3. The van der Waals surface area contributed by atoms with Gasteiger partial charge in [0.05, 0.1) is 19.7 Å². The minimum absolute atomic E-state index is 0.0633. The number of ether oxygens (including phenoxy) is 1. The Morgan fingerprint density at radius 2 is 1.88 bits per heavy atom. The fraction of sp³-hybridized carbons (Fsp3) is 0.625. The molecular weight excluding hydrogens is 252 g/mol. The van der Waals surface area contributed by atoms with E-state index in [1.54, 1.807) is 6.92 Å². The van der Waals surface area contributed by atoms with Gasteiger partial charge in [-0.2, -0.15) is 4.31 Å². The second-order valence-corrected chi connectivity index (χ2v) is 5.27. The van der Waals surface area contributed by atoms with Crippen molar-refractivity contribution in [3.63, 3.8) is 0 Å². The Labute approximate surface area is 98.0 Å². The summed E-state index contributed by atoms with van der Waals surface area (Å²) >= 11 is 0. The van der Waals surface area contributed by atoms with Crippen molar-refractivity contribution in [3.8, 4) is 0 Å². The van der Waals surface area contributed by atoms with Gasteiger partial charge in [0.15, 0.2) is 5.75 Å². The lowest BCUT2D eigenvalue weighted by Crippen LogP contribution is -2.54. The summed E-state index contributed by atoms with van der Waals surface area (Å²) in [6.07, 6.45) is 0. The molecule has 1 rings (SSSR count). The van der Waals surface area contributed by atoms with Crippen LogP contribution in [0.3, 0.4) is 0 Å². The lowest BCUT2D eigenvalue weighted by atomic mass is 10.4. The topological polar surface area (TPSA) is 110 Å². The van der Waals surface area contributed by atoms with Crippen LogP contribution in [0.15, 0.2) is 0 Å². The first kappa shape index (κ1) is 13.6. The van der Waals surface area contributed by atoms with E-state index in [2.05, 4.69) is 4.74 Å². The Bertz CT molecular complexity index is 427. The Morgan fingerprint density at radius 1 is 1.35 bits per heavy atom. The molecule has 0 aromatic rings. The zero-order chi connectivity index (χ0) is 13.1. The number of rotatable bonds is 4. The highest BCUT2D eigenvalue weighted by Gasteiger charge is 2.33. The van der Waals surface area contributed by atoms with Gasteiger partial charge < -0.3 is 4.74 Å². The minimum Gasteiger partial charge on any atom is -0.465 e. The van der Waals surface area contributed by atoms with Crippen molar-refractivity contribution in [2.75, 3.05) is 25.4 Å². The molecule has 1 aliphatic rings. The lowest BCUT2D eigenvalue weighted by Gasteiger charge is -2.24. The van der Waals surface area contributed by atoms with Crippen LogP contribution in [-0.4, -0.2) is 56.0 Å². The molecule has 0 saturated carbocycles. The van der Waals surface area contributed by atoms with Gasteiger partial charge >= 0.3 is 5.97 Å². The van der Waals surface area contributed by atoms with E-state index >= 15 is 0 Å². The highest BCUT2D eigenvalue weighted by molar-refractivity contribution is 7.89. The van der Waals surface area contributed by atoms with Gasteiger partial charge in [-0.1, -0.05) is 0 Å². The monoisotopic (exact) mass is 264 g/mol. The van der Waals surface area contributed by atoms with Gasteiger partial charge in [0.1, 0.15) is 0 Å². The molecule has 0 atom stereocenters. The maximum absolute atomic E-state index is 11.7. The molecule has 0 bridgehead atoms. The molecule has 96 valence electrons. The molecule has 1 saturated heterocycles. The average Bonchev–Trinajstić information content (AvgIpc) is 2.15. The largest absolute Gasteiger partial charge is 0.465 e. The number of sulfonamides is 1. The molecule has 0 spiro atoms. The number of amides is 2. The van der Waals surface area contributed by atoms with Gasteiger partial charge in [0.25, 0.3) is 0 Å². The van der Waals surface area contributed by atoms with Crippen LogP contribution in [0.25, 0.3) is 0 Å². The number of esters is 1. The van der Waals surface area contributed by atoms with Crippen molar-refractivity contribution in [3.05, 3.63) is 0 Å². The van der Waals surface area contributed by atoms with Gasteiger partial charge in [-0.15, -0.1) is 0 Å². The van der Waals surface area contributed by atoms with Gasteiger partial charge in [0.2, 0.25) is 21.8 Å². The first-order valence-electron chi connectivity index (χ1n) is 4.81. The molecule has 0 unspecified atom stereocenters. The predicted molar refractivity (Wildman–Crippen MR) is 55.1 cm³/mol. The molecule has 1 aliphatic heterocycles. The number of nitrogens with one attached hydrogen (secondary N) is 1. The van der Waals surface area contributed by atoms with Crippen molar-refractivity contribution in [2.24, 2.45) is 0 Å². The van der Waals surface area contributed by atoms with Gasteiger partial charge in [-0.05, 0) is 6.92 Å². The number of nitrogens with zero attached hydrogens (tertiary/aromatic N) is 1. The average molecular weight is 264 g/mol. The lowest BCUT2D eigenvalue weighted by molar-refractivity contribution is -0.140. The third kappa shape index (κ3) is 3.79. The van der Waals surface area contributed by atoms with Gasteiger partial charge in [0, 0.05) is 0 Å². The minimum atomic E-state index is -3.99. The highest BCUT2D eigenvalue weighted by atomic mass is 32.2. The van der Waals surface area contributed by atoms with Crippen molar-refractivity contribution < 1.29 is 27.5 Å². The fourth-order valence-corrected chi connectivity index (χ4v) is 2.44. The zero-order valence-corrected chi connectivity index (χ0v) is 9.95. The Kier molecular flexibility index (Phi) is 4.18. The van der Waals surface area contributed by atoms with Crippen LogP contribution in [0.1, 0.15) is 6.92 Å². The molecule has 8 nitrogen and oxygen atoms in total. The molecule has 1 fully saturated rings. The fourth-order valence-electron chi connectivity index (χ4n) is 1.25. The van der Waals surface area contributed by atoms with E-state index in [-0.39, 0.29) is 6.61 Å². The Morgan fingerprint density at radius 3 is 2.35 bits per heavy atom. The summed E-state index contributed by atoms with van der Waals surface area (Å²) in [5.41, 5.74) is 0. The van der Waals surface area contributed by atoms with Crippen molar-refractivity contribution >= 4 is 27.8 Å². The van der Waals surface area contributed by atoms with E-state index in [1.807, 2.05) is 5.32 Å². The molecule has 9 heteroatoms. The summed E-state index contributed by atoms with van der Waals surface area (Å²) in [5.74, 6) is -3.21. The summed E-state index contributed by atoms with van der Waals surface area (Å²) in [4.78, 5) is 33.0. The summed E-state index contributed by atoms with van der Waals surface area (Å²) in [6, 6.07) is 0. The normalized spacial score (nSPS) is 17.7. The number of imide groups is 1. The number of carbonyl (C=O) groups is 3. The second kappa shape index (κ2) is 5.23. The van der Waals surface area contributed by atoms with Crippen LogP contribution in [0.4, 0.5) is 0 Å². The molecular formula is C8H12N2O6S. The number of piperazine rings is 1. The molecule has 0 aliphatic carbocycles. The van der Waals surface area contributed by atoms with Gasteiger partial charge in [-0.3, -0.25) is 19.7 Å². The maximum atomic E-state index is 11.7. The predicted octanol–water partition coefficient (Wildman–Crippen LogP) is -2.16. The smallest absolute Gasteiger partial charge is 0.322 e. The van der Waals surface area contributed by atoms with Crippen LogP contribution in [0, 0.1) is 0 Å². The standard InChI is InChI=1S/C8H12N2O6S/c1-2-16-8(13)5-17(14,15)10-3-6(11)9-7(12)4-10/h2-5H2,1H3,(H,9,11,12). The van der Waals surface area contributed by atoms with Crippen molar-refractivity contribution in [2.45, 2.75) is 6.92 Å². The Balaban J connectivity index is 2.73. The maximum Gasteiger partial charge on any atom is 0.322 e. The van der Waals surface area contributed by atoms with E-state index < -0.39 is 46.6 Å². The van der Waals surface area contributed by atoms with Crippen molar-refractivity contribution in [1.82, 2.24) is 9.62 Å². The van der Waals surface area contributed by atoms with Crippen LogP contribution >= 0.6 is 0 Å². The van der Waals surface area contributed by atoms with E-state index in [1.165, 1.54) is 0 Å². The summed E-state index contributed by atoms with van der Waals surface area (Å²) in [5, 5.41) is 1.96. The zero-order valence-electron chi connectivity index (χ0n) is 9.13. The summed E-state index contributed by atoms with van der Waals surface area (Å²) in [7, 11) is -3.99. The third-order valence-corrected chi connectivity index (χ3v) is 3.56. The van der Waals surface area contributed by atoms with Crippen LogP contribution in [-0.2, 0) is 29.1 Å². The molecule has 1 heterocycles. The molecule has 17 heavy (non-hydrogen) atoms. The SMILES string of the molecule is CCOC(=O)CS(=O)(=O)N1CC(=O)NC(=O)C1. The Hall–Kier alpha value is -1.48. The van der Waals surface area contributed by atoms with E-state index in [9.17, 15) is 22.8 Å². The number of hydrogen-bond acceptors (Lipinski definition) is 6. The van der Waals surface area contributed by atoms with Crippen LogP contribution in [0.2, 0.25) is 0 Å². The first-order valence-corrected chi connectivity index (χ1v) is 6.42. The molecule has 0 aromatic heterocycles. The third-order valence-electron chi connectivity index (χ3n) is 1.92. The second-order valence-electron chi connectivity index (χ2n) is 3.30.